The van der Waals surface area contributed by atoms with Crippen molar-refractivity contribution in [3.05, 3.63) is 73.4 Å². The molecule has 1 aromatic carbocycles. The summed E-state index contributed by atoms with van der Waals surface area (Å²) < 4.78 is 12.1. The van der Waals surface area contributed by atoms with E-state index in [9.17, 15) is 24.0 Å². The van der Waals surface area contributed by atoms with Gasteiger partial charge in [-0.05, 0) is 5.56 Å². The number of nitrogens with two attached hydrogens (primary N) is 1. The van der Waals surface area contributed by atoms with Crippen LogP contribution >= 0.6 is 0 Å². The van der Waals surface area contributed by atoms with Crippen LogP contribution in [0.25, 0.3) is 0 Å². The summed E-state index contributed by atoms with van der Waals surface area (Å²) in [7, 11) is 1.44. The van der Waals surface area contributed by atoms with Gasteiger partial charge < -0.3 is 14.8 Å². The molecule has 1 aromatic rings. The van der Waals surface area contributed by atoms with Crippen molar-refractivity contribution in [3.63, 3.8) is 0 Å². The Kier molecular flexibility index (Phi) is 8.55. The van der Waals surface area contributed by atoms with Crippen LogP contribution < -0.4 is 21.4 Å². The van der Waals surface area contributed by atoms with Gasteiger partial charge in [0.1, 0.15) is 0 Å². The molecule has 0 aliphatic carbocycles. The third-order valence-corrected chi connectivity index (χ3v) is 8.29. The minimum atomic E-state index is -0.806. The number of likely N-dealkylation sites (tertiary alicyclic amines) is 2. The molecule has 13 heteroatoms. The second-order valence-corrected chi connectivity index (χ2v) is 10.7. The second kappa shape index (κ2) is 12.3. The Hall–Kier alpha value is -4.62. The number of imide groups is 2. The molecule has 13 nitrogen and oxygen atoms in total. The van der Waals surface area contributed by atoms with Crippen LogP contribution in [-0.4, -0.2) is 90.0 Å². The SMILES string of the molecule is C=CC1OC(/C=C\C2OC(C=C)C3C(=O)N(Cc4ccccc4)C(=O)C23)C2C(=O)N(CC[NH+]=C(N)NC(=O)NC)C(=O)C12. The highest BCUT2D eigenvalue weighted by molar-refractivity contribution is 6.07. The first-order valence-corrected chi connectivity index (χ1v) is 14.0. The molecular weight excluding hydrogens is 556 g/mol. The van der Waals surface area contributed by atoms with Crippen LogP contribution in [0.3, 0.4) is 0 Å². The number of nitrogens with zero attached hydrogens (tertiary/aromatic N) is 2. The standard InChI is InChI=1S/C30H34N6O7/c1-4-17-21-23(26(38)35(25(21)37)14-13-33-29(31)34-30(41)32-3)19(42-17)11-12-20-24-22(18(5-2)43-20)27(39)36(28(24)40)15-16-9-7-6-8-10-16/h4-12,17-24H,1-2,13-15H2,3H3,(H4,31,32,33,34,41)/p+1/b12-11-. The number of rotatable bonds is 9. The van der Waals surface area contributed by atoms with E-state index in [1.807, 2.05) is 30.3 Å². The first-order valence-electron chi connectivity index (χ1n) is 14.0. The molecule has 0 bridgehead atoms. The van der Waals surface area contributed by atoms with E-state index in [1.165, 1.54) is 24.1 Å². The minimum absolute atomic E-state index is 0.0193. The molecule has 4 aliphatic rings. The number of benzene rings is 1. The third kappa shape index (κ3) is 5.48. The summed E-state index contributed by atoms with van der Waals surface area (Å²) in [6, 6.07) is 8.74. The zero-order valence-corrected chi connectivity index (χ0v) is 23.7. The van der Waals surface area contributed by atoms with Gasteiger partial charge in [-0.1, -0.05) is 54.6 Å². The highest BCUT2D eigenvalue weighted by Crippen LogP contribution is 2.44. The number of fused-ring (bicyclic) bond motifs is 2. The molecule has 5 rings (SSSR count). The van der Waals surface area contributed by atoms with Crippen LogP contribution in [0, 0.1) is 23.7 Å². The Labute approximate surface area is 248 Å². The summed E-state index contributed by atoms with van der Waals surface area (Å²) in [4.78, 5) is 70.0. The number of ether oxygens (including phenoxy) is 2. The lowest BCUT2D eigenvalue weighted by atomic mass is 9.87. The summed E-state index contributed by atoms with van der Waals surface area (Å²) in [6.07, 6.45) is 3.40. The Morgan fingerprint density at radius 2 is 1.35 bits per heavy atom. The fraction of sp³-hybridized carbons (Fsp3) is 0.400. The largest absolute Gasteiger partial charge is 0.379 e. The second-order valence-electron chi connectivity index (χ2n) is 10.7. The van der Waals surface area contributed by atoms with E-state index < -0.39 is 65.9 Å². The molecule has 0 saturated carbocycles. The molecule has 0 aromatic heterocycles. The van der Waals surface area contributed by atoms with E-state index in [0.29, 0.717) is 0 Å². The normalized spacial score (nSPS) is 32.0. The Balaban J connectivity index is 1.30. The zero-order chi connectivity index (χ0) is 30.8. The molecule has 8 atom stereocenters. The number of urea groups is 1. The Bertz CT molecular complexity index is 1390. The van der Waals surface area contributed by atoms with Crippen LogP contribution in [0.15, 0.2) is 67.8 Å². The molecule has 4 aliphatic heterocycles. The summed E-state index contributed by atoms with van der Waals surface area (Å²) in [5, 5.41) is 4.72. The number of carbonyl (C=O) groups is 5. The molecule has 4 heterocycles. The lowest BCUT2D eigenvalue weighted by Crippen LogP contribution is -2.81. The van der Waals surface area contributed by atoms with Crippen LogP contribution in [-0.2, 0) is 35.2 Å². The van der Waals surface area contributed by atoms with E-state index >= 15 is 0 Å². The van der Waals surface area contributed by atoms with Crippen molar-refractivity contribution < 1.29 is 38.4 Å². The van der Waals surface area contributed by atoms with E-state index in [2.05, 4.69) is 28.8 Å². The van der Waals surface area contributed by atoms with E-state index in [0.717, 1.165) is 10.5 Å². The van der Waals surface area contributed by atoms with Gasteiger partial charge in [0.2, 0.25) is 23.6 Å². The van der Waals surface area contributed by atoms with Crippen molar-refractivity contribution in [2.75, 3.05) is 20.1 Å². The van der Waals surface area contributed by atoms with Gasteiger partial charge in [0.25, 0.3) is 0 Å². The number of nitrogens with one attached hydrogen (secondary N) is 3. The fourth-order valence-electron chi connectivity index (χ4n) is 6.26. The summed E-state index contributed by atoms with van der Waals surface area (Å²) in [5.41, 5.74) is 6.55. The lowest BCUT2D eigenvalue weighted by molar-refractivity contribution is -0.459. The maximum Gasteiger partial charge on any atom is 0.379 e. The first kappa shape index (κ1) is 29.9. The predicted molar refractivity (Wildman–Crippen MR) is 152 cm³/mol. The number of carbonyl (C=O) groups excluding carboxylic acids is 5. The first-order chi connectivity index (χ1) is 20.7. The summed E-state index contributed by atoms with van der Waals surface area (Å²) in [6.45, 7) is 7.87. The molecule has 43 heavy (non-hydrogen) atoms. The van der Waals surface area contributed by atoms with Gasteiger partial charge in [0, 0.05) is 7.05 Å². The summed E-state index contributed by atoms with van der Waals surface area (Å²) in [5.74, 6) is -4.51. The van der Waals surface area contributed by atoms with Gasteiger partial charge in [-0.25, -0.2) is 4.79 Å². The highest BCUT2D eigenvalue weighted by Gasteiger charge is 2.60. The minimum Gasteiger partial charge on any atom is -0.365 e. The van der Waals surface area contributed by atoms with Crippen LogP contribution in [0.4, 0.5) is 4.79 Å². The molecule has 6 amide bonds. The molecule has 0 radical (unpaired) electrons. The molecule has 4 fully saturated rings. The van der Waals surface area contributed by atoms with Gasteiger partial charge in [-0.3, -0.25) is 39.7 Å². The molecule has 5 N–H and O–H groups in total. The molecule has 226 valence electrons. The van der Waals surface area contributed by atoms with Gasteiger partial charge in [0.15, 0.2) is 0 Å². The number of guanidine groups is 1. The monoisotopic (exact) mass is 591 g/mol. The zero-order valence-electron chi connectivity index (χ0n) is 23.7. The van der Waals surface area contributed by atoms with Crippen LogP contribution in [0.2, 0.25) is 0 Å². The van der Waals surface area contributed by atoms with Gasteiger partial charge in [0.05, 0.1) is 67.7 Å². The van der Waals surface area contributed by atoms with Crippen LogP contribution in [0.1, 0.15) is 5.56 Å². The van der Waals surface area contributed by atoms with E-state index in [1.54, 1.807) is 12.2 Å². The quantitative estimate of drug-likeness (QED) is 0.112. The van der Waals surface area contributed by atoms with Crippen molar-refractivity contribution in [1.82, 2.24) is 20.4 Å². The van der Waals surface area contributed by atoms with Crippen molar-refractivity contribution in [3.8, 4) is 0 Å². The van der Waals surface area contributed by atoms with Crippen molar-refractivity contribution >= 4 is 35.6 Å². The van der Waals surface area contributed by atoms with Crippen molar-refractivity contribution in [2.45, 2.75) is 31.0 Å². The maximum absolute atomic E-state index is 13.5. The average Bonchev–Trinajstić information content (AvgIpc) is 3.70. The maximum atomic E-state index is 13.5. The van der Waals surface area contributed by atoms with E-state index in [4.69, 9.17) is 15.2 Å². The van der Waals surface area contributed by atoms with Crippen LogP contribution in [0.5, 0.6) is 0 Å². The predicted octanol–water partition coefficient (Wildman–Crippen LogP) is -1.82. The lowest BCUT2D eigenvalue weighted by Gasteiger charge is -2.20. The molecule has 4 saturated heterocycles. The molecule has 0 spiro atoms. The fourth-order valence-corrected chi connectivity index (χ4v) is 6.26. The van der Waals surface area contributed by atoms with Crippen molar-refractivity contribution in [1.29, 1.82) is 0 Å². The number of hydrogen-bond acceptors (Lipinski definition) is 7. The van der Waals surface area contributed by atoms with Crippen molar-refractivity contribution in [2.24, 2.45) is 29.4 Å². The molecular formula is C30H35N6O7+. The highest BCUT2D eigenvalue weighted by atomic mass is 16.5. The Morgan fingerprint density at radius 3 is 1.84 bits per heavy atom. The van der Waals surface area contributed by atoms with Gasteiger partial charge in [-0.2, -0.15) is 5.32 Å². The van der Waals surface area contributed by atoms with Gasteiger partial charge in [-0.15, -0.1) is 13.2 Å². The van der Waals surface area contributed by atoms with Gasteiger partial charge >= 0.3 is 12.0 Å². The summed E-state index contributed by atoms with van der Waals surface area (Å²) >= 11 is 0. The van der Waals surface area contributed by atoms with E-state index in [-0.39, 0.29) is 37.4 Å². The Morgan fingerprint density at radius 1 is 0.860 bits per heavy atom. The average molecular weight is 592 g/mol. The third-order valence-electron chi connectivity index (χ3n) is 8.29. The number of amides is 6. The smallest absolute Gasteiger partial charge is 0.365 e. The molecule has 8 unspecified atom stereocenters. The topological polar surface area (TPSA) is 174 Å². The number of hydrogen-bond donors (Lipinski definition) is 4.